The van der Waals surface area contributed by atoms with Crippen LogP contribution in [0.5, 0.6) is 0 Å². The van der Waals surface area contributed by atoms with Crippen molar-refractivity contribution >= 4 is 60.3 Å². The molecule has 1 aliphatic heterocycles. The van der Waals surface area contributed by atoms with Crippen LogP contribution >= 0.6 is 11.3 Å². The van der Waals surface area contributed by atoms with Crippen molar-refractivity contribution in [2.75, 3.05) is 4.90 Å². The Kier molecular flexibility index (Phi) is 5.81. The first-order valence-electron chi connectivity index (χ1n) is 16.8. The van der Waals surface area contributed by atoms with Crippen LogP contribution in [0.25, 0.3) is 48.7 Å². The van der Waals surface area contributed by atoms with E-state index < -0.39 is 0 Å². The number of thiazole rings is 1. The number of benzene rings is 4. The zero-order chi connectivity index (χ0) is 31.3. The van der Waals surface area contributed by atoms with Crippen LogP contribution in [-0.4, -0.2) is 9.97 Å². The lowest BCUT2D eigenvalue weighted by Crippen LogP contribution is -2.35. The van der Waals surface area contributed by atoms with Gasteiger partial charge in [0.15, 0.2) is 0 Å². The highest BCUT2D eigenvalue weighted by molar-refractivity contribution is 7.19. The summed E-state index contributed by atoms with van der Waals surface area (Å²) in [7, 11) is 0. The van der Waals surface area contributed by atoms with Crippen molar-refractivity contribution in [1.29, 1.82) is 0 Å². The summed E-state index contributed by atoms with van der Waals surface area (Å²) < 4.78 is 1.22. The van der Waals surface area contributed by atoms with Crippen molar-refractivity contribution in [3.8, 4) is 11.1 Å². The number of para-hydroxylation sites is 1. The highest BCUT2D eigenvalue weighted by Gasteiger charge is 2.50. The van der Waals surface area contributed by atoms with Gasteiger partial charge in [0.25, 0.3) is 0 Å². The van der Waals surface area contributed by atoms with E-state index in [1.54, 1.807) is 16.9 Å². The second kappa shape index (κ2) is 10.0. The Balaban J connectivity index is 0.00000314. The van der Waals surface area contributed by atoms with E-state index in [0.717, 1.165) is 33.9 Å². The third-order valence-corrected chi connectivity index (χ3v) is 11.9. The number of rotatable bonds is 3. The number of anilines is 2. The molecule has 0 spiro atoms. The molecule has 1 saturated carbocycles. The quantitative estimate of drug-likeness (QED) is 0.212. The van der Waals surface area contributed by atoms with Gasteiger partial charge in [-0.15, -0.1) is 11.3 Å². The smallest absolute Gasteiger partial charge is 0.124 e. The normalized spacial score (nSPS) is 21.1. The molecule has 3 nitrogen and oxygen atoms in total. The first-order valence-corrected chi connectivity index (χ1v) is 17.7. The molecule has 230 valence electrons. The van der Waals surface area contributed by atoms with Crippen LogP contribution in [-0.2, 0) is 5.41 Å². The molecule has 4 heteroatoms. The van der Waals surface area contributed by atoms with Crippen LogP contribution in [0.4, 0.5) is 11.4 Å². The standard InChI is InChI=1S/C43H35N3S.H2/c1-43(2)34-23-28(18-20-38(34)46(30-14-8-5-9-15-30)39-16-10-13-29-22-31(29)41(39)43)27-17-19-35-32(21-27)33-24-40-37(25-36(33)44-35)45-42(47-40)26-11-6-3-4-7-12-26;/h3,5-12,14-21,23-25,29,31,44H,4,13,22H2,1-2H3;1H. The molecule has 1 N–H and O–H groups in total. The first-order chi connectivity index (χ1) is 23.0. The van der Waals surface area contributed by atoms with Gasteiger partial charge in [-0.05, 0) is 108 Å². The Bertz CT molecular complexity index is 2430. The minimum Gasteiger partial charge on any atom is -0.354 e. The average Bonchev–Trinajstić information content (AvgIpc) is 3.73. The van der Waals surface area contributed by atoms with E-state index in [4.69, 9.17) is 4.98 Å². The lowest BCUT2D eigenvalue weighted by atomic mass is 9.70. The molecule has 4 aliphatic rings. The summed E-state index contributed by atoms with van der Waals surface area (Å²) in [5.41, 5.74) is 13.9. The molecule has 47 heavy (non-hydrogen) atoms. The highest BCUT2D eigenvalue weighted by atomic mass is 32.1. The van der Waals surface area contributed by atoms with Gasteiger partial charge in [0, 0.05) is 45.6 Å². The number of nitrogens with zero attached hydrogens (tertiary/aromatic N) is 2. The van der Waals surface area contributed by atoms with Gasteiger partial charge < -0.3 is 9.88 Å². The topological polar surface area (TPSA) is 31.9 Å². The SMILES string of the molecule is CC1(C)C2=C(C=CCC3CC23)N(c2ccccc2)c2ccc(-c3ccc4[nH]c5cc6nc(C7=CC=CCC=C7)sc6cc5c4c3)cc21.[HH]. The van der Waals surface area contributed by atoms with Crippen molar-refractivity contribution in [1.82, 2.24) is 9.97 Å². The van der Waals surface area contributed by atoms with Crippen molar-refractivity contribution in [3.63, 3.8) is 0 Å². The summed E-state index contributed by atoms with van der Waals surface area (Å²) in [5, 5.41) is 3.58. The fourth-order valence-electron chi connectivity index (χ4n) is 8.36. The maximum absolute atomic E-state index is 5.02. The lowest BCUT2D eigenvalue weighted by molar-refractivity contribution is 0.554. The number of nitrogens with one attached hydrogen (secondary N) is 1. The number of aromatic amines is 1. The molecule has 0 radical (unpaired) electrons. The van der Waals surface area contributed by atoms with Crippen LogP contribution < -0.4 is 4.90 Å². The fourth-order valence-corrected chi connectivity index (χ4v) is 9.35. The number of hydrogen-bond acceptors (Lipinski definition) is 3. The van der Waals surface area contributed by atoms with E-state index in [-0.39, 0.29) is 6.84 Å². The molecule has 2 atom stereocenters. The molecule has 2 aromatic heterocycles. The highest BCUT2D eigenvalue weighted by Crippen LogP contribution is 2.60. The van der Waals surface area contributed by atoms with Gasteiger partial charge in [0.05, 0.1) is 15.9 Å². The lowest BCUT2D eigenvalue weighted by Gasteiger charge is -2.43. The second-order valence-electron chi connectivity index (χ2n) is 14.0. The summed E-state index contributed by atoms with van der Waals surface area (Å²) in [6, 6.07) is 29.5. The predicted molar refractivity (Wildman–Crippen MR) is 201 cm³/mol. The summed E-state index contributed by atoms with van der Waals surface area (Å²) in [5.74, 6) is 1.44. The minimum atomic E-state index is -0.0574. The molecule has 0 saturated heterocycles. The zero-order valence-electron chi connectivity index (χ0n) is 26.6. The Morgan fingerprint density at radius 3 is 2.64 bits per heavy atom. The first kappa shape index (κ1) is 27.2. The monoisotopic (exact) mass is 627 g/mol. The summed E-state index contributed by atoms with van der Waals surface area (Å²) in [6.07, 6.45) is 19.1. The van der Waals surface area contributed by atoms with Gasteiger partial charge in [0.2, 0.25) is 0 Å². The van der Waals surface area contributed by atoms with Crippen LogP contribution in [0.15, 0.2) is 133 Å². The van der Waals surface area contributed by atoms with Crippen molar-refractivity contribution in [3.05, 3.63) is 143 Å². The molecule has 3 aliphatic carbocycles. The number of H-pyrrole nitrogens is 1. The van der Waals surface area contributed by atoms with Gasteiger partial charge in [-0.3, -0.25) is 0 Å². The third-order valence-electron chi connectivity index (χ3n) is 10.8. The zero-order valence-corrected chi connectivity index (χ0v) is 27.4. The van der Waals surface area contributed by atoms with Crippen molar-refractivity contribution in [2.24, 2.45) is 11.8 Å². The van der Waals surface area contributed by atoms with Crippen LogP contribution in [0.3, 0.4) is 0 Å². The molecule has 3 heterocycles. The largest absolute Gasteiger partial charge is 0.354 e. The molecular weight excluding hydrogens is 591 g/mol. The van der Waals surface area contributed by atoms with Crippen molar-refractivity contribution < 1.29 is 1.43 Å². The summed E-state index contributed by atoms with van der Waals surface area (Å²) in [6.45, 7) is 4.91. The van der Waals surface area contributed by atoms with Gasteiger partial charge in [-0.1, -0.05) is 80.6 Å². The third kappa shape index (κ3) is 4.21. The Hall–Kier alpha value is -4.93. The van der Waals surface area contributed by atoms with Crippen LogP contribution in [0.2, 0.25) is 0 Å². The van der Waals surface area contributed by atoms with Crippen LogP contribution in [0.1, 0.15) is 45.1 Å². The maximum atomic E-state index is 5.02. The van der Waals surface area contributed by atoms with E-state index in [1.165, 1.54) is 67.6 Å². The fraction of sp³-hybridized carbons (Fsp3) is 0.186. The van der Waals surface area contributed by atoms with Crippen LogP contribution in [0, 0.1) is 11.8 Å². The van der Waals surface area contributed by atoms with E-state index >= 15 is 0 Å². The maximum Gasteiger partial charge on any atom is 0.124 e. The number of allylic oxidation sites excluding steroid dienone is 9. The Morgan fingerprint density at radius 1 is 0.872 bits per heavy atom. The van der Waals surface area contributed by atoms with E-state index in [2.05, 4.69) is 145 Å². The molecule has 4 aromatic carbocycles. The number of aromatic nitrogens is 2. The second-order valence-corrected chi connectivity index (χ2v) is 15.1. The van der Waals surface area contributed by atoms with E-state index in [9.17, 15) is 0 Å². The summed E-state index contributed by atoms with van der Waals surface area (Å²) in [4.78, 5) is 11.2. The van der Waals surface area contributed by atoms with Gasteiger partial charge in [-0.2, -0.15) is 0 Å². The van der Waals surface area contributed by atoms with Gasteiger partial charge in [-0.25, -0.2) is 4.98 Å². The molecule has 10 rings (SSSR count). The predicted octanol–water partition coefficient (Wildman–Crippen LogP) is 12.0. The summed E-state index contributed by atoms with van der Waals surface area (Å²) >= 11 is 1.78. The molecule has 6 aromatic rings. The molecular formula is C43H37N3S. The Labute approximate surface area is 280 Å². The average molecular weight is 628 g/mol. The number of hydrogen-bond donors (Lipinski definition) is 1. The molecule has 0 amide bonds. The minimum absolute atomic E-state index is 0. The van der Waals surface area contributed by atoms with Gasteiger partial charge in [0.1, 0.15) is 5.01 Å². The number of fused-ring (bicyclic) bond motifs is 7. The Morgan fingerprint density at radius 2 is 1.72 bits per heavy atom. The van der Waals surface area contributed by atoms with E-state index in [0.29, 0.717) is 5.92 Å². The van der Waals surface area contributed by atoms with Gasteiger partial charge >= 0.3 is 0 Å². The molecule has 2 unspecified atom stereocenters. The molecule has 0 bridgehead atoms. The van der Waals surface area contributed by atoms with E-state index in [1.807, 2.05) is 0 Å². The molecule has 1 fully saturated rings. The van der Waals surface area contributed by atoms with Crippen molar-refractivity contribution in [2.45, 2.75) is 38.5 Å².